The van der Waals surface area contributed by atoms with Crippen molar-refractivity contribution < 1.29 is 9.42 Å². The van der Waals surface area contributed by atoms with Gasteiger partial charge < -0.3 is 11.1 Å². The number of hydrogen-bond donors (Lipinski definition) is 2. The number of nitrogen functional groups attached to an aromatic ring is 1. The number of unbranched alkanes of at least 4 members (excludes halogenated alkanes) is 1. The first kappa shape index (κ1) is 14.0. The Kier molecular flexibility index (Phi) is 4.70. The monoisotopic (exact) mass is 274 g/mol. The number of nitrogens with one attached hydrogen (secondary N) is 1. The van der Waals surface area contributed by atoms with E-state index in [1.807, 2.05) is 24.3 Å². The van der Waals surface area contributed by atoms with E-state index in [1.54, 1.807) is 0 Å². The fraction of sp³-hybridized carbons (Fsp3) is 0.357. The highest BCUT2D eigenvalue weighted by atomic mass is 16.6. The number of benzene rings is 1. The first-order valence-corrected chi connectivity index (χ1v) is 6.64. The number of nitrogens with zero attached hydrogens (tertiary/aromatic N) is 2. The lowest BCUT2D eigenvalue weighted by Crippen LogP contribution is -2.15. The van der Waals surface area contributed by atoms with Gasteiger partial charge in [0.25, 0.3) is 0 Å². The van der Waals surface area contributed by atoms with E-state index in [2.05, 4.69) is 27.2 Å². The molecule has 0 unspecified atom stereocenters. The van der Waals surface area contributed by atoms with E-state index in [4.69, 9.17) is 5.73 Å². The molecular formula is C14H18N4O2. The average Bonchev–Trinajstić information content (AvgIpc) is 2.83. The van der Waals surface area contributed by atoms with Crippen LogP contribution < -0.4 is 11.1 Å². The number of anilines is 2. The van der Waals surface area contributed by atoms with Crippen LogP contribution in [0.3, 0.4) is 0 Å². The highest BCUT2D eigenvalue weighted by Gasteiger charge is 2.11. The van der Waals surface area contributed by atoms with Crippen molar-refractivity contribution in [3.63, 3.8) is 0 Å². The van der Waals surface area contributed by atoms with Crippen LogP contribution in [-0.2, 0) is 17.6 Å². The van der Waals surface area contributed by atoms with Gasteiger partial charge >= 0.3 is 0 Å². The molecule has 0 radical (unpaired) electrons. The number of carbonyl (C=O) groups excluding carboxylic acids is 1. The lowest BCUT2D eigenvalue weighted by atomic mass is 10.1. The van der Waals surface area contributed by atoms with E-state index >= 15 is 0 Å². The van der Waals surface area contributed by atoms with Crippen LogP contribution in [0.1, 0.15) is 31.0 Å². The molecule has 6 heteroatoms. The number of carbonyl (C=O) groups is 1. The lowest BCUT2D eigenvalue weighted by molar-refractivity contribution is -0.115. The predicted molar refractivity (Wildman–Crippen MR) is 76.1 cm³/mol. The molecule has 20 heavy (non-hydrogen) atoms. The molecule has 0 atom stereocenters. The largest absolute Gasteiger partial charge is 0.379 e. The molecule has 0 fully saturated rings. The lowest BCUT2D eigenvalue weighted by Gasteiger charge is -2.05. The molecule has 1 amide bonds. The van der Waals surface area contributed by atoms with E-state index in [-0.39, 0.29) is 18.1 Å². The highest BCUT2D eigenvalue weighted by Crippen LogP contribution is 2.13. The number of aryl methyl sites for hydroxylation is 1. The molecule has 0 saturated carbocycles. The molecule has 6 nitrogen and oxygen atoms in total. The summed E-state index contributed by atoms with van der Waals surface area (Å²) in [5.41, 5.74) is 7.88. The molecule has 0 bridgehead atoms. The second-order valence-corrected chi connectivity index (χ2v) is 4.62. The summed E-state index contributed by atoms with van der Waals surface area (Å²) in [5, 5.41) is 9.79. The third-order valence-corrected chi connectivity index (χ3v) is 2.97. The van der Waals surface area contributed by atoms with Gasteiger partial charge in [-0.2, -0.15) is 0 Å². The van der Waals surface area contributed by atoms with Crippen LogP contribution in [0.5, 0.6) is 0 Å². The van der Waals surface area contributed by atoms with Crippen LogP contribution in [-0.4, -0.2) is 16.2 Å². The van der Waals surface area contributed by atoms with Crippen molar-refractivity contribution in [2.75, 3.05) is 11.1 Å². The van der Waals surface area contributed by atoms with Crippen molar-refractivity contribution in [3.05, 3.63) is 35.5 Å². The number of rotatable bonds is 6. The molecule has 1 aromatic carbocycles. The zero-order valence-electron chi connectivity index (χ0n) is 11.4. The minimum atomic E-state index is -0.200. The maximum atomic E-state index is 11.8. The third kappa shape index (κ3) is 3.81. The average molecular weight is 274 g/mol. The minimum Gasteiger partial charge on any atom is -0.379 e. The molecular weight excluding hydrogens is 256 g/mol. The first-order chi connectivity index (χ1) is 9.69. The van der Waals surface area contributed by atoms with Gasteiger partial charge in [-0.1, -0.05) is 30.6 Å². The van der Waals surface area contributed by atoms with Gasteiger partial charge in [-0.25, -0.2) is 4.63 Å². The molecule has 0 saturated heterocycles. The van der Waals surface area contributed by atoms with Crippen molar-refractivity contribution in [2.45, 2.75) is 32.6 Å². The number of aromatic nitrogens is 2. The second kappa shape index (κ2) is 6.70. The van der Waals surface area contributed by atoms with Gasteiger partial charge in [-0.15, -0.1) is 0 Å². The van der Waals surface area contributed by atoms with E-state index in [9.17, 15) is 4.79 Å². The summed E-state index contributed by atoms with van der Waals surface area (Å²) in [5.74, 6) is -0.0521. The van der Waals surface area contributed by atoms with Crippen molar-refractivity contribution in [1.82, 2.24) is 10.3 Å². The van der Waals surface area contributed by atoms with Crippen LogP contribution in [0.2, 0.25) is 0 Å². The maximum Gasteiger partial charge on any atom is 0.230 e. The summed E-state index contributed by atoms with van der Waals surface area (Å²) in [6.45, 7) is 2.17. The van der Waals surface area contributed by atoms with Crippen molar-refractivity contribution in [3.8, 4) is 0 Å². The van der Waals surface area contributed by atoms with Gasteiger partial charge in [0.05, 0.1) is 6.42 Å². The Hall–Kier alpha value is -2.37. The van der Waals surface area contributed by atoms with Crippen LogP contribution >= 0.6 is 0 Å². The minimum absolute atomic E-state index is 0.0485. The fourth-order valence-corrected chi connectivity index (χ4v) is 1.83. The molecule has 0 spiro atoms. The summed E-state index contributed by atoms with van der Waals surface area (Å²) in [7, 11) is 0. The Labute approximate surface area is 117 Å². The van der Waals surface area contributed by atoms with Gasteiger partial charge in [-0.05, 0) is 35.7 Å². The Morgan fingerprint density at radius 2 is 2.05 bits per heavy atom. The number of hydrogen-bond acceptors (Lipinski definition) is 5. The summed E-state index contributed by atoms with van der Waals surface area (Å²) in [6.07, 6.45) is 3.45. The Bertz CT molecular complexity index is 563. The normalized spacial score (nSPS) is 10.4. The standard InChI is InChI=1S/C14H18N4O2/c1-2-3-4-10-5-7-11(8-6-10)16-13(19)9-12-14(15)18-20-17-12/h5-8H,2-4,9H2,1H3,(H2,15,18)(H,16,19). The van der Waals surface area contributed by atoms with Crippen molar-refractivity contribution in [2.24, 2.45) is 0 Å². The number of nitrogens with two attached hydrogens (primary N) is 1. The van der Waals surface area contributed by atoms with Gasteiger partial charge in [0, 0.05) is 5.69 Å². The topological polar surface area (TPSA) is 94.0 Å². The van der Waals surface area contributed by atoms with Crippen molar-refractivity contribution in [1.29, 1.82) is 0 Å². The molecule has 106 valence electrons. The number of amides is 1. The first-order valence-electron chi connectivity index (χ1n) is 6.64. The summed E-state index contributed by atoms with van der Waals surface area (Å²) in [4.78, 5) is 11.8. The SMILES string of the molecule is CCCCc1ccc(NC(=O)Cc2nonc2N)cc1. The third-order valence-electron chi connectivity index (χ3n) is 2.97. The summed E-state index contributed by atoms with van der Waals surface area (Å²) < 4.78 is 4.44. The zero-order valence-corrected chi connectivity index (χ0v) is 11.4. The highest BCUT2D eigenvalue weighted by molar-refractivity contribution is 5.92. The maximum absolute atomic E-state index is 11.8. The van der Waals surface area contributed by atoms with Crippen molar-refractivity contribution >= 4 is 17.4 Å². The molecule has 3 N–H and O–H groups in total. The van der Waals surface area contributed by atoms with E-state index in [0.29, 0.717) is 5.69 Å². The van der Waals surface area contributed by atoms with Gasteiger partial charge in [0.15, 0.2) is 5.82 Å². The van der Waals surface area contributed by atoms with Gasteiger partial charge in [0.2, 0.25) is 5.91 Å². The molecule has 1 heterocycles. The fourth-order valence-electron chi connectivity index (χ4n) is 1.83. The van der Waals surface area contributed by atoms with E-state index in [0.717, 1.165) is 12.1 Å². The molecule has 1 aromatic heterocycles. The smallest absolute Gasteiger partial charge is 0.230 e. The zero-order chi connectivity index (χ0) is 14.4. The summed E-state index contributed by atoms with van der Waals surface area (Å²) in [6, 6.07) is 7.84. The van der Waals surface area contributed by atoms with E-state index < -0.39 is 0 Å². The molecule has 2 rings (SSSR count). The quantitative estimate of drug-likeness (QED) is 0.842. The Balaban J connectivity index is 1.89. The van der Waals surface area contributed by atoms with Gasteiger partial charge in [-0.3, -0.25) is 4.79 Å². The Morgan fingerprint density at radius 1 is 1.30 bits per heavy atom. The van der Waals surface area contributed by atoms with Crippen LogP contribution in [0.15, 0.2) is 28.9 Å². The molecule has 0 aliphatic carbocycles. The van der Waals surface area contributed by atoms with E-state index in [1.165, 1.54) is 18.4 Å². The molecule has 0 aliphatic rings. The van der Waals surface area contributed by atoms with Crippen LogP contribution in [0, 0.1) is 0 Å². The summed E-state index contributed by atoms with van der Waals surface area (Å²) >= 11 is 0. The Morgan fingerprint density at radius 3 is 2.65 bits per heavy atom. The molecule has 2 aromatic rings. The predicted octanol–water partition coefficient (Wildman–Crippen LogP) is 2.18. The van der Waals surface area contributed by atoms with Crippen LogP contribution in [0.25, 0.3) is 0 Å². The van der Waals surface area contributed by atoms with Gasteiger partial charge in [0.1, 0.15) is 5.69 Å². The second-order valence-electron chi connectivity index (χ2n) is 4.62. The molecule has 0 aliphatic heterocycles. The van der Waals surface area contributed by atoms with Crippen LogP contribution in [0.4, 0.5) is 11.5 Å².